The molecule has 0 amide bonds. The SMILES string of the molecule is CC1(C)C2CCC(C(F)F)C1C2. The Bertz CT molecular complexity index is 182. The van der Waals surface area contributed by atoms with Gasteiger partial charge >= 0.3 is 0 Å². The van der Waals surface area contributed by atoms with Crippen LogP contribution in [0.5, 0.6) is 0 Å². The van der Waals surface area contributed by atoms with E-state index in [0.29, 0.717) is 5.92 Å². The van der Waals surface area contributed by atoms with Gasteiger partial charge in [-0.25, -0.2) is 8.78 Å². The van der Waals surface area contributed by atoms with Crippen LogP contribution < -0.4 is 0 Å². The molecule has 0 aromatic heterocycles. The summed E-state index contributed by atoms with van der Waals surface area (Å²) >= 11 is 0. The van der Waals surface area contributed by atoms with Gasteiger partial charge < -0.3 is 0 Å². The molecular formula is C10H16F2. The summed E-state index contributed by atoms with van der Waals surface area (Å²) in [5.74, 6) is 0.735. The van der Waals surface area contributed by atoms with Gasteiger partial charge in [0, 0.05) is 5.92 Å². The van der Waals surface area contributed by atoms with Gasteiger partial charge in [-0.2, -0.15) is 0 Å². The number of hydrogen-bond donors (Lipinski definition) is 0. The first-order valence-electron chi connectivity index (χ1n) is 4.81. The summed E-state index contributed by atoms with van der Waals surface area (Å²) in [6, 6.07) is 0. The first kappa shape index (κ1) is 8.46. The van der Waals surface area contributed by atoms with Gasteiger partial charge in [0.15, 0.2) is 0 Å². The van der Waals surface area contributed by atoms with Gasteiger partial charge in [-0.3, -0.25) is 0 Å². The molecule has 0 N–H and O–H groups in total. The van der Waals surface area contributed by atoms with Crippen LogP contribution in [0, 0.1) is 23.2 Å². The third-order valence-electron chi connectivity index (χ3n) is 4.24. The highest BCUT2D eigenvalue weighted by molar-refractivity contribution is 5.03. The highest BCUT2D eigenvalue weighted by Crippen LogP contribution is 2.62. The summed E-state index contributed by atoms with van der Waals surface area (Å²) in [6.07, 6.45) is 0.757. The van der Waals surface area contributed by atoms with Crippen molar-refractivity contribution in [3.8, 4) is 0 Å². The minimum absolute atomic E-state index is 0.208. The molecule has 3 unspecified atom stereocenters. The Balaban J connectivity index is 2.11. The molecule has 3 saturated carbocycles. The zero-order valence-corrected chi connectivity index (χ0v) is 7.69. The van der Waals surface area contributed by atoms with Gasteiger partial charge in [0.2, 0.25) is 6.43 Å². The lowest BCUT2D eigenvalue weighted by Gasteiger charge is -2.59. The Labute approximate surface area is 72.3 Å². The quantitative estimate of drug-likeness (QED) is 0.572. The number of fused-ring (bicyclic) bond motifs is 2. The van der Waals surface area contributed by atoms with Crippen molar-refractivity contribution in [1.29, 1.82) is 0 Å². The monoisotopic (exact) mass is 174 g/mol. The van der Waals surface area contributed by atoms with E-state index >= 15 is 0 Å². The minimum Gasteiger partial charge on any atom is -0.210 e. The van der Waals surface area contributed by atoms with Crippen molar-refractivity contribution >= 4 is 0 Å². The average Bonchev–Trinajstić information content (AvgIpc) is 2.04. The molecular weight excluding hydrogens is 158 g/mol. The van der Waals surface area contributed by atoms with Crippen molar-refractivity contribution < 1.29 is 8.78 Å². The van der Waals surface area contributed by atoms with Crippen molar-refractivity contribution in [3.05, 3.63) is 0 Å². The van der Waals surface area contributed by atoms with Crippen LogP contribution in [-0.2, 0) is 0 Å². The van der Waals surface area contributed by atoms with Gasteiger partial charge in [-0.15, -0.1) is 0 Å². The molecule has 3 atom stereocenters. The van der Waals surface area contributed by atoms with Crippen molar-refractivity contribution in [3.63, 3.8) is 0 Å². The van der Waals surface area contributed by atoms with Gasteiger partial charge in [-0.1, -0.05) is 13.8 Å². The smallest absolute Gasteiger partial charge is 0.210 e. The van der Waals surface area contributed by atoms with Crippen LogP contribution in [0.4, 0.5) is 8.78 Å². The predicted molar refractivity (Wildman–Crippen MR) is 44.1 cm³/mol. The lowest BCUT2D eigenvalue weighted by atomic mass is 9.45. The molecule has 0 radical (unpaired) electrons. The zero-order valence-electron chi connectivity index (χ0n) is 7.69. The molecule has 2 bridgehead atoms. The van der Waals surface area contributed by atoms with E-state index in [2.05, 4.69) is 13.8 Å². The van der Waals surface area contributed by atoms with E-state index in [9.17, 15) is 8.78 Å². The van der Waals surface area contributed by atoms with Crippen LogP contribution in [0.15, 0.2) is 0 Å². The molecule has 3 fully saturated rings. The summed E-state index contributed by atoms with van der Waals surface area (Å²) in [5, 5.41) is 0. The van der Waals surface area contributed by atoms with Gasteiger partial charge in [0.05, 0.1) is 0 Å². The second-order valence-corrected chi connectivity index (χ2v) is 4.94. The van der Waals surface area contributed by atoms with E-state index in [-0.39, 0.29) is 11.3 Å². The minimum atomic E-state index is -2.09. The standard InChI is InChI=1S/C10H16F2/c1-10(2)6-3-4-7(9(11)12)8(10)5-6/h6-9H,3-5H2,1-2H3. The topological polar surface area (TPSA) is 0 Å². The Hall–Kier alpha value is -0.140. The van der Waals surface area contributed by atoms with Gasteiger partial charge in [-0.05, 0) is 36.5 Å². The van der Waals surface area contributed by atoms with E-state index in [1.54, 1.807) is 0 Å². The van der Waals surface area contributed by atoms with E-state index in [1.165, 1.54) is 0 Å². The van der Waals surface area contributed by atoms with Crippen LogP contribution in [0.3, 0.4) is 0 Å². The predicted octanol–water partition coefficient (Wildman–Crippen LogP) is 3.32. The second kappa shape index (κ2) is 2.43. The molecule has 0 heterocycles. The first-order chi connectivity index (χ1) is 5.53. The molecule has 0 aromatic rings. The summed E-state index contributed by atoms with van der Waals surface area (Å²) in [4.78, 5) is 0. The van der Waals surface area contributed by atoms with Crippen molar-refractivity contribution in [2.75, 3.05) is 0 Å². The Morgan fingerprint density at radius 3 is 2.25 bits per heavy atom. The Morgan fingerprint density at radius 2 is 1.92 bits per heavy atom. The largest absolute Gasteiger partial charge is 0.241 e. The van der Waals surface area contributed by atoms with E-state index < -0.39 is 6.43 Å². The molecule has 0 aliphatic heterocycles. The molecule has 3 aliphatic carbocycles. The number of rotatable bonds is 1. The van der Waals surface area contributed by atoms with E-state index in [0.717, 1.165) is 25.2 Å². The third kappa shape index (κ3) is 0.929. The Kier molecular flexibility index (Phi) is 1.71. The third-order valence-corrected chi connectivity index (χ3v) is 4.24. The van der Waals surface area contributed by atoms with E-state index in [4.69, 9.17) is 0 Å². The maximum absolute atomic E-state index is 12.5. The number of alkyl halides is 2. The van der Waals surface area contributed by atoms with Crippen LogP contribution in [0.2, 0.25) is 0 Å². The highest BCUT2D eigenvalue weighted by atomic mass is 19.3. The molecule has 0 aromatic carbocycles. The lowest BCUT2D eigenvalue weighted by molar-refractivity contribution is -0.145. The highest BCUT2D eigenvalue weighted by Gasteiger charge is 2.56. The number of hydrogen-bond acceptors (Lipinski definition) is 0. The summed E-state index contributed by atoms with van der Waals surface area (Å²) in [5.41, 5.74) is 0.208. The fraction of sp³-hybridized carbons (Fsp3) is 1.00. The van der Waals surface area contributed by atoms with Crippen LogP contribution >= 0.6 is 0 Å². The summed E-state index contributed by atoms with van der Waals surface area (Å²) in [6.45, 7) is 4.31. The molecule has 2 heteroatoms. The molecule has 3 aliphatic rings. The summed E-state index contributed by atoms with van der Waals surface area (Å²) in [7, 11) is 0. The fourth-order valence-corrected chi connectivity index (χ4v) is 3.17. The summed E-state index contributed by atoms with van der Waals surface area (Å²) < 4.78 is 25.1. The normalized spacial score (nSPS) is 44.2. The first-order valence-corrected chi connectivity index (χ1v) is 4.81. The van der Waals surface area contributed by atoms with Gasteiger partial charge in [0.1, 0.15) is 0 Å². The molecule has 0 saturated heterocycles. The van der Waals surface area contributed by atoms with Crippen LogP contribution in [0.25, 0.3) is 0 Å². The fourth-order valence-electron chi connectivity index (χ4n) is 3.17. The van der Waals surface area contributed by atoms with Crippen molar-refractivity contribution in [2.24, 2.45) is 23.2 Å². The maximum Gasteiger partial charge on any atom is 0.241 e. The molecule has 3 rings (SSSR count). The van der Waals surface area contributed by atoms with Gasteiger partial charge in [0.25, 0.3) is 0 Å². The van der Waals surface area contributed by atoms with Crippen LogP contribution in [-0.4, -0.2) is 6.43 Å². The zero-order chi connectivity index (χ0) is 8.93. The molecule has 70 valence electrons. The Morgan fingerprint density at radius 1 is 1.25 bits per heavy atom. The van der Waals surface area contributed by atoms with E-state index in [1.807, 2.05) is 0 Å². The second-order valence-electron chi connectivity index (χ2n) is 4.94. The molecule has 0 spiro atoms. The van der Waals surface area contributed by atoms with Crippen molar-refractivity contribution in [2.45, 2.75) is 39.5 Å². The molecule has 0 nitrogen and oxygen atoms in total. The average molecular weight is 174 g/mol. The van der Waals surface area contributed by atoms with Crippen LogP contribution in [0.1, 0.15) is 33.1 Å². The molecule has 12 heavy (non-hydrogen) atoms. The van der Waals surface area contributed by atoms with Crippen molar-refractivity contribution in [1.82, 2.24) is 0 Å². The maximum atomic E-state index is 12.5. The number of halogens is 2. The lowest BCUT2D eigenvalue weighted by Crippen LogP contribution is -2.53.